The van der Waals surface area contributed by atoms with E-state index in [9.17, 15) is 13.9 Å². The number of aliphatic hydroxyl groups excluding tert-OH is 1. The smallest absolute Gasteiger partial charge is 0.248 e. The molecule has 1 N–H and O–H groups in total. The zero-order valence-electron chi connectivity index (χ0n) is 7.70. The Morgan fingerprint density at radius 1 is 1.64 bits per heavy atom. The van der Waals surface area contributed by atoms with Crippen molar-refractivity contribution >= 4 is 11.3 Å². The summed E-state index contributed by atoms with van der Waals surface area (Å²) in [5.41, 5.74) is 0.535. The molecule has 2 nitrogen and oxygen atoms in total. The molecule has 14 heavy (non-hydrogen) atoms. The number of thiazole rings is 1. The van der Waals surface area contributed by atoms with Gasteiger partial charge < -0.3 is 5.11 Å². The maximum Gasteiger partial charge on any atom is 0.248 e. The number of aliphatic hydroxyl groups is 1. The Morgan fingerprint density at radius 2 is 2.29 bits per heavy atom. The molecule has 0 spiro atoms. The van der Waals surface area contributed by atoms with E-state index < -0.39 is 12.0 Å². The fraction of sp³-hybridized carbons (Fsp3) is 0.667. The minimum absolute atomic E-state index is 0.218. The van der Waals surface area contributed by atoms with Crippen molar-refractivity contribution in [3.05, 3.63) is 16.1 Å². The molecule has 0 aromatic carbocycles. The van der Waals surface area contributed by atoms with Gasteiger partial charge in [0, 0.05) is 24.1 Å². The lowest BCUT2D eigenvalue weighted by Crippen LogP contribution is -2.38. The molecule has 1 fully saturated rings. The number of hydrogen-bond donors (Lipinski definition) is 1. The lowest BCUT2D eigenvalue weighted by molar-refractivity contribution is -0.142. The third kappa shape index (κ3) is 1.79. The van der Waals surface area contributed by atoms with Gasteiger partial charge in [-0.2, -0.15) is 0 Å². The topological polar surface area (TPSA) is 33.1 Å². The predicted molar refractivity (Wildman–Crippen MR) is 49.5 cm³/mol. The fourth-order valence-corrected chi connectivity index (χ4v) is 2.33. The molecule has 1 aliphatic carbocycles. The molecule has 1 atom stereocenters. The lowest BCUT2D eigenvalue weighted by Gasteiger charge is -2.37. The summed E-state index contributed by atoms with van der Waals surface area (Å²) in [7, 11) is 0. The van der Waals surface area contributed by atoms with Gasteiger partial charge in [-0.15, -0.1) is 11.3 Å². The van der Waals surface area contributed by atoms with E-state index in [0.717, 1.165) is 5.01 Å². The number of rotatable bonds is 2. The van der Waals surface area contributed by atoms with E-state index in [-0.39, 0.29) is 18.8 Å². The van der Waals surface area contributed by atoms with Crippen LogP contribution in [0.5, 0.6) is 0 Å². The van der Waals surface area contributed by atoms with Crippen LogP contribution in [0.15, 0.2) is 5.38 Å². The molecule has 0 saturated heterocycles. The first-order valence-corrected chi connectivity index (χ1v) is 5.34. The molecular weight excluding hydrogens is 208 g/mol. The average molecular weight is 219 g/mol. The molecule has 0 amide bonds. The maximum absolute atomic E-state index is 12.5. The SMILES string of the molecule is Cc1nc(C(O)C2CC(F)(F)C2)cs1. The van der Waals surface area contributed by atoms with Gasteiger partial charge in [0.05, 0.1) is 10.7 Å². The second kappa shape index (κ2) is 3.24. The highest BCUT2D eigenvalue weighted by molar-refractivity contribution is 7.09. The van der Waals surface area contributed by atoms with Crippen molar-refractivity contribution in [1.82, 2.24) is 4.98 Å². The number of aromatic nitrogens is 1. The first kappa shape index (κ1) is 9.98. The van der Waals surface area contributed by atoms with Crippen molar-refractivity contribution in [2.45, 2.75) is 31.8 Å². The first-order chi connectivity index (χ1) is 6.48. The number of aryl methyl sites for hydroxylation is 1. The van der Waals surface area contributed by atoms with Crippen molar-refractivity contribution in [3.8, 4) is 0 Å². The van der Waals surface area contributed by atoms with Gasteiger partial charge in [-0.25, -0.2) is 13.8 Å². The second-order valence-corrected chi connectivity index (χ2v) is 4.82. The van der Waals surface area contributed by atoms with E-state index in [4.69, 9.17) is 0 Å². The number of nitrogens with zero attached hydrogens (tertiary/aromatic N) is 1. The van der Waals surface area contributed by atoms with Gasteiger partial charge in [0.25, 0.3) is 0 Å². The van der Waals surface area contributed by atoms with Crippen LogP contribution >= 0.6 is 11.3 Å². The van der Waals surface area contributed by atoms with Gasteiger partial charge in [0.2, 0.25) is 5.92 Å². The number of hydrogen-bond acceptors (Lipinski definition) is 3. The third-order valence-corrected chi connectivity index (χ3v) is 3.30. The molecule has 2 rings (SSSR count). The van der Waals surface area contributed by atoms with Gasteiger partial charge in [0.1, 0.15) is 6.10 Å². The minimum Gasteiger partial charge on any atom is -0.386 e. The Hall–Kier alpha value is -0.550. The Kier molecular flexibility index (Phi) is 2.31. The zero-order valence-corrected chi connectivity index (χ0v) is 8.52. The van der Waals surface area contributed by atoms with E-state index in [0.29, 0.717) is 5.69 Å². The molecular formula is C9H11F2NOS. The van der Waals surface area contributed by atoms with Crippen LogP contribution in [0.1, 0.15) is 29.6 Å². The summed E-state index contributed by atoms with van der Waals surface area (Å²) in [6.07, 6.45) is -1.25. The second-order valence-electron chi connectivity index (χ2n) is 3.76. The van der Waals surface area contributed by atoms with Crippen LogP contribution in [0.4, 0.5) is 8.78 Å². The normalized spacial score (nSPS) is 23.1. The van der Waals surface area contributed by atoms with Crippen molar-refractivity contribution in [3.63, 3.8) is 0 Å². The monoisotopic (exact) mass is 219 g/mol. The summed E-state index contributed by atoms with van der Waals surface area (Å²) < 4.78 is 25.1. The van der Waals surface area contributed by atoms with Gasteiger partial charge in [-0.3, -0.25) is 0 Å². The van der Waals surface area contributed by atoms with Crippen LogP contribution in [-0.4, -0.2) is 16.0 Å². The Balaban J connectivity index is 2.00. The van der Waals surface area contributed by atoms with Crippen LogP contribution < -0.4 is 0 Å². The molecule has 1 heterocycles. The predicted octanol–water partition coefficient (Wildman–Crippen LogP) is 2.53. The van der Waals surface area contributed by atoms with E-state index in [2.05, 4.69) is 4.98 Å². The van der Waals surface area contributed by atoms with Gasteiger partial charge in [-0.1, -0.05) is 0 Å². The highest BCUT2D eigenvalue weighted by Gasteiger charge is 2.48. The van der Waals surface area contributed by atoms with Gasteiger partial charge >= 0.3 is 0 Å². The van der Waals surface area contributed by atoms with Crippen LogP contribution in [0, 0.1) is 12.8 Å². The van der Waals surface area contributed by atoms with Crippen LogP contribution in [0.2, 0.25) is 0 Å². The van der Waals surface area contributed by atoms with E-state index in [1.807, 2.05) is 6.92 Å². The summed E-state index contributed by atoms with van der Waals surface area (Å²) in [4.78, 5) is 4.08. The van der Waals surface area contributed by atoms with Crippen LogP contribution in [0.25, 0.3) is 0 Å². The lowest BCUT2D eigenvalue weighted by atomic mass is 9.77. The summed E-state index contributed by atoms with van der Waals surface area (Å²) in [6, 6.07) is 0. The largest absolute Gasteiger partial charge is 0.386 e. The summed E-state index contributed by atoms with van der Waals surface area (Å²) in [6.45, 7) is 1.83. The maximum atomic E-state index is 12.5. The van der Waals surface area contributed by atoms with Crippen molar-refractivity contribution in [1.29, 1.82) is 0 Å². The quantitative estimate of drug-likeness (QED) is 0.829. The molecule has 1 aromatic rings. The molecule has 1 unspecified atom stereocenters. The third-order valence-electron chi connectivity index (χ3n) is 2.51. The molecule has 0 bridgehead atoms. The van der Waals surface area contributed by atoms with E-state index in [1.165, 1.54) is 11.3 Å². The zero-order chi connectivity index (χ0) is 10.3. The molecule has 0 radical (unpaired) electrons. The highest BCUT2D eigenvalue weighted by atomic mass is 32.1. The number of alkyl halides is 2. The van der Waals surface area contributed by atoms with Crippen molar-refractivity contribution in [2.24, 2.45) is 5.92 Å². The van der Waals surface area contributed by atoms with Crippen molar-refractivity contribution < 1.29 is 13.9 Å². The Morgan fingerprint density at radius 3 is 2.71 bits per heavy atom. The Bertz CT molecular complexity index is 331. The molecule has 5 heteroatoms. The molecule has 1 aliphatic rings. The van der Waals surface area contributed by atoms with E-state index >= 15 is 0 Å². The average Bonchev–Trinajstić information content (AvgIpc) is 2.46. The number of halogens is 2. The van der Waals surface area contributed by atoms with Crippen LogP contribution in [-0.2, 0) is 0 Å². The molecule has 1 saturated carbocycles. The standard InChI is InChI=1S/C9H11F2NOS/c1-5-12-7(4-14-5)8(13)6-2-9(10,11)3-6/h4,6,8,13H,2-3H2,1H3. The highest BCUT2D eigenvalue weighted by Crippen LogP contribution is 2.48. The molecule has 0 aliphatic heterocycles. The minimum atomic E-state index is -2.57. The van der Waals surface area contributed by atoms with Crippen molar-refractivity contribution in [2.75, 3.05) is 0 Å². The fourth-order valence-electron chi connectivity index (χ4n) is 1.69. The molecule has 78 valence electrons. The van der Waals surface area contributed by atoms with Gasteiger partial charge in [0.15, 0.2) is 0 Å². The molecule has 1 aromatic heterocycles. The van der Waals surface area contributed by atoms with Gasteiger partial charge in [-0.05, 0) is 6.92 Å². The first-order valence-electron chi connectivity index (χ1n) is 4.46. The Labute approximate surface area is 84.6 Å². The van der Waals surface area contributed by atoms with Crippen LogP contribution in [0.3, 0.4) is 0 Å². The summed E-state index contributed by atoms with van der Waals surface area (Å²) in [5.74, 6) is -2.90. The van der Waals surface area contributed by atoms with E-state index in [1.54, 1.807) is 5.38 Å². The summed E-state index contributed by atoms with van der Waals surface area (Å²) in [5, 5.41) is 12.3. The summed E-state index contributed by atoms with van der Waals surface area (Å²) >= 11 is 1.43.